The van der Waals surface area contributed by atoms with Crippen LogP contribution in [0.1, 0.15) is 24.5 Å². The molecule has 0 N–H and O–H groups in total. The van der Waals surface area contributed by atoms with Crippen molar-refractivity contribution in [3.8, 4) is 5.75 Å². The minimum absolute atomic E-state index is 0.197. The number of hydrogen-bond donors (Lipinski definition) is 0. The Morgan fingerprint density at radius 1 is 1.35 bits per heavy atom. The van der Waals surface area contributed by atoms with Gasteiger partial charge in [-0.1, -0.05) is 12.6 Å². The molecule has 0 aliphatic carbocycles. The summed E-state index contributed by atoms with van der Waals surface area (Å²) in [5.74, 6) is 0.608. The summed E-state index contributed by atoms with van der Waals surface area (Å²) < 4.78 is 9.87. The van der Waals surface area contributed by atoms with E-state index in [4.69, 9.17) is 4.74 Å². The molecule has 17 heavy (non-hydrogen) atoms. The lowest BCUT2D eigenvalue weighted by Gasteiger charge is -2.10. The first-order valence-electron chi connectivity index (χ1n) is 5.48. The van der Waals surface area contributed by atoms with Crippen molar-refractivity contribution < 1.29 is 14.3 Å². The summed E-state index contributed by atoms with van der Waals surface area (Å²) in [6, 6.07) is 5.86. The van der Waals surface area contributed by atoms with Crippen molar-refractivity contribution >= 4 is 11.5 Å². The lowest BCUT2D eigenvalue weighted by Crippen LogP contribution is -2.02. The van der Waals surface area contributed by atoms with Gasteiger partial charge in [0.15, 0.2) is 0 Å². The first-order valence-corrected chi connectivity index (χ1v) is 5.48. The zero-order valence-electron chi connectivity index (χ0n) is 10.6. The average Bonchev–Trinajstić information content (AvgIpc) is 2.35. The van der Waals surface area contributed by atoms with Crippen LogP contribution < -0.4 is 4.74 Å². The lowest BCUT2D eigenvalue weighted by molar-refractivity contribution is -0.140. The third kappa shape index (κ3) is 3.63. The molecule has 3 heteroatoms. The van der Waals surface area contributed by atoms with Crippen molar-refractivity contribution in [2.45, 2.75) is 19.8 Å². The largest absolute Gasteiger partial charge is 0.496 e. The number of hydrogen-bond acceptors (Lipinski definition) is 3. The quantitative estimate of drug-likeness (QED) is 0.735. The Morgan fingerprint density at radius 3 is 2.59 bits per heavy atom. The minimum Gasteiger partial charge on any atom is -0.496 e. The van der Waals surface area contributed by atoms with E-state index in [-0.39, 0.29) is 5.97 Å². The molecule has 0 radical (unpaired) electrons. The van der Waals surface area contributed by atoms with Gasteiger partial charge in [-0.3, -0.25) is 4.79 Å². The Morgan fingerprint density at radius 2 is 2.06 bits per heavy atom. The Labute approximate surface area is 102 Å². The Balaban J connectivity index is 2.85. The van der Waals surface area contributed by atoms with Crippen LogP contribution in [0.2, 0.25) is 0 Å². The molecule has 0 heterocycles. The molecule has 0 saturated heterocycles. The Kier molecular flexibility index (Phi) is 4.76. The van der Waals surface area contributed by atoms with Gasteiger partial charge in [0.1, 0.15) is 5.75 Å². The standard InChI is InChI=1S/C14H18O3/c1-10(2)12-9-11(5-7-13(12)16-3)6-8-14(15)17-4/h5,7,9H,1,6,8H2,2-4H3. The highest BCUT2D eigenvalue weighted by Gasteiger charge is 2.07. The van der Waals surface area contributed by atoms with Gasteiger partial charge in [-0.05, 0) is 36.6 Å². The predicted octanol–water partition coefficient (Wildman–Crippen LogP) is 2.83. The molecule has 0 amide bonds. The van der Waals surface area contributed by atoms with Gasteiger partial charge in [-0.15, -0.1) is 0 Å². The van der Waals surface area contributed by atoms with Gasteiger partial charge in [0, 0.05) is 12.0 Å². The van der Waals surface area contributed by atoms with Gasteiger partial charge < -0.3 is 9.47 Å². The molecule has 0 bridgehead atoms. The summed E-state index contributed by atoms with van der Waals surface area (Å²) in [7, 11) is 3.03. The highest BCUT2D eigenvalue weighted by atomic mass is 16.5. The van der Waals surface area contributed by atoms with Gasteiger partial charge in [0.05, 0.1) is 14.2 Å². The summed E-state index contributed by atoms with van der Waals surface area (Å²) in [6.07, 6.45) is 1.05. The van der Waals surface area contributed by atoms with Crippen molar-refractivity contribution in [2.24, 2.45) is 0 Å². The fourth-order valence-electron chi connectivity index (χ4n) is 1.59. The topological polar surface area (TPSA) is 35.5 Å². The van der Waals surface area contributed by atoms with E-state index in [1.54, 1.807) is 7.11 Å². The Hall–Kier alpha value is -1.77. The van der Waals surface area contributed by atoms with Gasteiger partial charge in [0.2, 0.25) is 0 Å². The molecular weight excluding hydrogens is 216 g/mol. The van der Waals surface area contributed by atoms with Crippen LogP contribution in [0, 0.1) is 0 Å². The molecule has 3 nitrogen and oxygen atoms in total. The van der Waals surface area contributed by atoms with Crippen molar-refractivity contribution in [3.05, 3.63) is 35.9 Å². The minimum atomic E-state index is -0.197. The van der Waals surface area contributed by atoms with Crippen LogP contribution in [0.4, 0.5) is 0 Å². The third-order valence-corrected chi connectivity index (χ3v) is 2.57. The highest BCUT2D eigenvalue weighted by Crippen LogP contribution is 2.26. The van der Waals surface area contributed by atoms with Crippen LogP contribution in [-0.4, -0.2) is 20.2 Å². The number of rotatable bonds is 5. The molecule has 1 rings (SSSR count). The maximum absolute atomic E-state index is 11.1. The number of carbonyl (C=O) groups is 1. The van der Waals surface area contributed by atoms with E-state index in [0.717, 1.165) is 22.4 Å². The fraction of sp³-hybridized carbons (Fsp3) is 0.357. The van der Waals surface area contributed by atoms with Crippen LogP contribution in [0.3, 0.4) is 0 Å². The number of ether oxygens (including phenoxy) is 2. The Bertz CT molecular complexity index is 421. The van der Waals surface area contributed by atoms with Gasteiger partial charge >= 0.3 is 5.97 Å². The molecule has 0 atom stereocenters. The highest BCUT2D eigenvalue weighted by molar-refractivity contribution is 5.70. The van der Waals surface area contributed by atoms with E-state index >= 15 is 0 Å². The van der Waals surface area contributed by atoms with E-state index < -0.39 is 0 Å². The molecule has 0 fully saturated rings. The van der Waals surface area contributed by atoms with Crippen LogP contribution >= 0.6 is 0 Å². The number of allylic oxidation sites excluding steroid dienone is 1. The van der Waals surface area contributed by atoms with Gasteiger partial charge in [-0.2, -0.15) is 0 Å². The van der Waals surface area contributed by atoms with Gasteiger partial charge in [0.25, 0.3) is 0 Å². The smallest absolute Gasteiger partial charge is 0.305 e. The molecular formula is C14H18O3. The van der Waals surface area contributed by atoms with E-state index in [1.165, 1.54) is 7.11 Å². The second-order valence-electron chi connectivity index (χ2n) is 3.89. The number of methoxy groups -OCH3 is 2. The summed E-state index contributed by atoms with van der Waals surface area (Å²) in [4.78, 5) is 11.1. The molecule has 92 valence electrons. The van der Waals surface area contributed by atoms with E-state index in [1.807, 2.05) is 25.1 Å². The summed E-state index contributed by atoms with van der Waals surface area (Å²) in [6.45, 7) is 5.85. The second kappa shape index (κ2) is 6.09. The predicted molar refractivity (Wildman–Crippen MR) is 68.0 cm³/mol. The zero-order valence-corrected chi connectivity index (χ0v) is 10.6. The van der Waals surface area contributed by atoms with Crippen LogP contribution in [-0.2, 0) is 16.0 Å². The van der Waals surface area contributed by atoms with E-state index in [2.05, 4.69) is 11.3 Å². The molecule has 1 aromatic rings. The maximum Gasteiger partial charge on any atom is 0.305 e. The molecule has 0 aliphatic heterocycles. The van der Waals surface area contributed by atoms with Crippen LogP contribution in [0.5, 0.6) is 5.75 Å². The molecule has 0 saturated carbocycles. The van der Waals surface area contributed by atoms with Gasteiger partial charge in [-0.25, -0.2) is 0 Å². The maximum atomic E-state index is 11.1. The first-order chi connectivity index (χ1) is 8.08. The normalized spacial score (nSPS) is 9.82. The SMILES string of the molecule is C=C(C)c1cc(CCC(=O)OC)ccc1OC. The number of carbonyl (C=O) groups excluding carboxylic acids is 1. The summed E-state index contributed by atoms with van der Waals surface area (Å²) in [5.41, 5.74) is 3.01. The lowest BCUT2D eigenvalue weighted by atomic mass is 10.0. The van der Waals surface area contributed by atoms with Crippen molar-refractivity contribution in [1.29, 1.82) is 0 Å². The van der Waals surface area contributed by atoms with Crippen LogP contribution in [0.15, 0.2) is 24.8 Å². The average molecular weight is 234 g/mol. The van der Waals surface area contributed by atoms with Crippen molar-refractivity contribution in [1.82, 2.24) is 0 Å². The second-order valence-corrected chi connectivity index (χ2v) is 3.89. The number of benzene rings is 1. The third-order valence-electron chi connectivity index (χ3n) is 2.57. The summed E-state index contributed by atoms with van der Waals surface area (Å²) >= 11 is 0. The monoisotopic (exact) mass is 234 g/mol. The fourth-order valence-corrected chi connectivity index (χ4v) is 1.59. The summed E-state index contributed by atoms with van der Waals surface area (Å²) in [5, 5.41) is 0. The van der Waals surface area contributed by atoms with Crippen LogP contribution in [0.25, 0.3) is 5.57 Å². The van der Waals surface area contributed by atoms with E-state index in [9.17, 15) is 4.79 Å². The van der Waals surface area contributed by atoms with Crippen molar-refractivity contribution in [3.63, 3.8) is 0 Å². The zero-order chi connectivity index (χ0) is 12.8. The molecule has 0 unspecified atom stereocenters. The molecule has 0 spiro atoms. The number of esters is 1. The van der Waals surface area contributed by atoms with Crippen molar-refractivity contribution in [2.75, 3.05) is 14.2 Å². The van der Waals surface area contributed by atoms with E-state index in [0.29, 0.717) is 12.8 Å². The molecule has 0 aliphatic rings. The molecule has 1 aromatic carbocycles. The molecule has 0 aromatic heterocycles. The number of aryl methyl sites for hydroxylation is 1. The first kappa shape index (κ1) is 13.3.